The van der Waals surface area contributed by atoms with Crippen molar-refractivity contribution in [1.29, 1.82) is 0 Å². The highest BCUT2D eigenvalue weighted by Crippen LogP contribution is 2.41. The van der Waals surface area contributed by atoms with E-state index in [2.05, 4.69) is 58.5 Å². The molecule has 6 bridgehead atoms. The number of nitrogens with zero attached hydrogens (tertiary/aromatic N) is 6. The molecule has 0 spiro atoms. The molecule has 7 rings (SSSR count). The van der Waals surface area contributed by atoms with Crippen LogP contribution in [0.2, 0.25) is 0 Å². The molecule has 0 unspecified atom stereocenters. The van der Waals surface area contributed by atoms with Crippen LogP contribution in [-0.2, 0) is 54.7 Å². The van der Waals surface area contributed by atoms with E-state index in [-0.39, 0.29) is 49.7 Å². The average Bonchev–Trinajstić information content (AvgIpc) is 4.07. The first kappa shape index (κ1) is 46.1. The van der Waals surface area contributed by atoms with E-state index < -0.39 is 41.4 Å². The number of amides is 4. The SMILES string of the molecule is CCn1c(-c2cnccc2COC)c2c3cc(ccc31)-c1cc(O)cc(c1)C[C@H](NC(=O)[C@H](C(C)C)N(C)C(=O)CN(C)C(=O)[C@H]1CN1)C(=O)N1CCC[C@H](N1)[N+](=O)OCC(C)(C)C2. The minimum absolute atomic E-state index is 0.0203. The number of phenols is 1. The number of hydrogen-bond acceptors (Lipinski definition) is 11. The average molecular weight is 881 g/mol. The summed E-state index contributed by atoms with van der Waals surface area (Å²) >= 11 is 0. The number of ether oxygens (including phenoxy) is 1. The molecule has 2 saturated heterocycles. The van der Waals surface area contributed by atoms with Gasteiger partial charge in [0, 0.05) is 88.0 Å². The third-order valence-electron chi connectivity index (χ3n) is 12.4. The van der Waals surface area contributed by atoms with Crippen molar-refractivity contribution in [3.8, 4) is 28.1 Å². The summed E-state index contributed by atoms with van der Waals surface area (Å²) in [7, 11) is 4.73. The summed E-state index contributed by atoms with van der Waals surface area (Å²) in [6, 6.07) is 10.8. The van der Waals surface area contributed by atoms with Crippen molar-refractivity contribution < 1.29 is 38.8 Å². The molecule has 4 atom stereocenters. The molecule has 0 radical (unpaired) electrons. The van der Waals surface area contributed by atoms with E-state index >= 15 is 0 Å². The maximum absolute atomic E-state index is 14.6. The van der Waals surface area contributed by atoms with Crippen molar-refractivity contribution >= 4 is 34.5 Å². The van der Waals surface area contributed by atoms with Crippen molar-refractivity contribution in [2.45, 2.75) is 97.7 Å². The van der Waals surface area contributed by atoms with Crippen LogP contribution in [0.15, 0.2) is 54.9 Å². The third-order valence-corrected chi connectivity index (χ3v) is 12.4. The predicted molar refractivity (Wildman–Crippen MR) is 240 cm³/mol. The van der Waals surface area contributed by atoms with E-state index in [9.17, 15) is 29.2 Å². The molecule has 17 nitrogen and oxygen atoms in total. The van der Waals surface area contributed by atoms with Crippen LogP contribution < -0.4 is 16.1 Å². The van der Waals surface area contributed by atoms with Crippen molar-refractivity contribution in [3.63, 3.8) is 0 Å². The molecule has 2 aromatic carbocycles. The Morgan fingerprint density at radius 2 is 1.89 bits per heavy atom. The van der Waals surface area contributed by atoms with E-state index in [1.807, 2.05) is 24.4 Å². The van der Waals surface area contributed by atoms with Crippen LogP contribution in [-0.4, -0.2) is 130 Å². The van der Waals surface area contributed by atoms with Gasteiger partial charge in [0.2, 0.25) is 22.6 Å². The number of nitrogens with one attached hydrogen (secondary N) is 3. The molecule has 5 heterocycles. The number of methoxy groups -OCH3 is 1. The number of rotatable bonds is 11. The molecule has 4 amide bonds. The molecular weight excluding hydrogens is 819 g/mol. The van der Waals surface area contributed by atoms with E-state index in [1.54, 1.807) is 46.3 Å². The predicted octanol–water partition coefficient (Wildman–Crippen LogP) is 3.93. The van der Waals surface area contributed by atoms with Gasteiger partial charge in [-0.2, -0.15) is 5.43 Å². The molecule has 4 aromatic rings. The molecule has 0 saturated carbocycles. The lowest BCUT2D eigenvalue weighted by atomic mass is 9.84. The van der Waals surface area contributed by atoms with Crippen molar-refractivity contribution in [3.05, 3.63) is 76.5 Å². The quantitative estimate of drug-likeness (QED) is 0.159. The lowest BCUT2D eigenvalue weighted by molar-refractivity contribution is -0.835. The van der Waals surface area contributed by atoms with Crippen LogP contribution in [0.3, 0.4) is 0 Å². The number of fused-ring (bicyclic) bond motifs is 6. The van der Waals surface area contributed by atoms with Gasteiger partial charge in [0.05, 0.1) is 29.8 Å². The maximum atomic E-state index is 14.6. The van der Waals surface area contributed by atoms with E-state index in [0.717, 1.165) is 38.9 Å². The molecule has 4 N–H and O–H groups in total. The Labute approximate surface area is 373 Å². The van der Waals surface area contributed by atoms with Crippen molar-refractivity contribution in [1.82, 2.24) is 40.4 Å². The van der Waals surface area contributed by atoms with Crippen LogP contribution >= 0.6 is 0 Å². The second-order valence-electron chi connectivity index (χ2n) is 18.4. The van der Waals surface area contributed by atoms with Gasteiger partial charge in [-0.15, -0.1) is 0 Å². The smallest absolute Gasteiger partial charge is 0.326 e. The Balaban J connectivity index is 1.30. The molecule has 17 heteroatoms. The van der Waals surface area contributed by atoms with Crippen LogP contribution in [0.25, 0.3) is 33.3 Å². The van der Waals surface area contributed by atoms with Gasteiger partial charge in [0.15, 0.2) is 6.61 Å². The van der Waals surface area contributed by atoms with E-state index in [0.29, 0.717) is 55.0 Å². The summed E-state index contributed by atoms with van der Waals surface area (Å²) in [4.78, 5) is 82.6. The number of aromatic hydroxyl groups is 1. The third kappa shape index (κ3) is 9.91. The summed E-state index contributed by atoms with van der Waals surface area (Å²) in [5.41, 5.74) is 9.58. The summed E-state index contributed by atoms with van der Waals surface area (Å²) in [6.45, 7) is 11.5. The standard InChI is InChI=1S/C47H61N9O8/c1-9-54-39-13-12-30-21-34(39)35(43(54)36-23-48-15-14-31(36)26-63-8)22-47(4,5)27-64-56(62)40-11-10-16-55(51-40)46(61)37(19-29-17-32(30)20-33(57)18-29)50-44(59)42(28(2)3)53(7)41(58)25-52(6)45(60)38-24-49-38/h12-15,17-18,20-21,23,28,37-38,40,42,49,51H,9-11,16,19,22,24-27H2,1-8H3,(H-,50,57,59)/p+1/t37-,38+,40+,42-/m0/s1. The summed E-state index contributed by atoms with van der Waals surface area (Å²) in [5.74, 6) is -2.10. The minimum Gasteiger partial charge on any atom is -0.508 e. The number of aromatic nitrogens is 2. The second-order valence-corrected chi connectivity index (χ2v) is 18.4. The normalized spacial score (nSPS) is 20.3. The first-order valence-electron chi connectivity index (χ1n) is 22.1. The Morgan fingerprint density at radius 3 is 2.59 bits per heavy atom. The van der Waals surface area contributed by atoms with Crippen molar-refractivity contribution in [2.75, 3.05) is 47.4 Å². The second kappa shape index (κ2) is 19.1. The monoisotopic (exact) mass is 880 g/mol. The lowest BCUT2D eigenvalue weighted by Gasteiger charge is -2.35. The fourth-order valence-corrected chi connectivity index (χ4v) is 9.09. The number of hydrazine groups is 1. The van der Waals surface area contributed by atoms with E-state index in [4.69, 9.17) is 9.57 Å². The van der Waals surface area contributed by atoms with Crippen LogP contribution in [0, 0.1) is 16.2 Å². The zero-order valence-electron chi connectivity index (χ0n) is 38.1. The topological polar surface area (TPSA) is 201 Å². The highest BCUT2D eigenvalue weighted by molar-refractivity contribution is 5.96. The number of pyridine rings is 1. The van der Waals surface area contributed by atoms with E-state index in [1.165, 1.54) is 21.9 Å². The molecular formula is C47H62N9O8+. The number of carbonyl (C=O) groups is 4. The van der Waals surface area contributed by atoms with Gasteiger partial charge in [-0.05, 0) is 83.8 Å². The number of aryl methyl sites for hydroxylation is 1. The van der Waals surface area contributed by atoms with Gasteiger partial charge in [0.1, 0.15) is 17.8 Å². The number of hydrogen-bond donors (Lipinski definition) is 4. The molecule has 64 heavy (non-hydrogen) atoms. The van der Waals surface area contributed by atoms with Gasteiger partial charge < -0.3 is 34.8 Å². The highest BCUT2D eigenvalue weighted by atomic mass is 16.8. The largest absolute Gasteiger partial charge is 0.508 e. The first-order valence-corrected chi connectivity index (χ1v) is 22.1. The summed E-state index contributed by atoms with van der Waals surface area (Å²) in [5, 5.41) is 19.5. The molecule has 3 aliphatic heterocycles. The number of benzene rings is 2. The van der Waals surface area contributed by atoms with Crippen LogP contribution in [0.4, 0.5) is 0 Å². The van der Waals surface area contributed by atoms with Gasteiger partial charge >= 0.3 is 6.17 Å². The van der Waals surface area contributed by atoms with Crippen LogP contribution in [0.1, 0.15) is 64.2 Å². The van der Waals surface area contributed by atoms with Gasteiger partial charge in [-0.1, -0.05) is 39.8 Å². The summed E-state index contributed by atoms with van der Waals surface area (Å²) < 4.78 is 7.90. The first-order chi connectivity index (χ1) is 30.5. The Bertz CT molecular complexity index is 2430. The zero-order valence-corrected chi connectivity index (χ0v) is 38.1. The molecule has 342 valence electrons. The fraction of sp³-hybridized carbons (Fsp3) is 0.511. The lowest BCUT2D eigenvalue weighted by Crippen LogP contribution is -2.62. The molecule has 3 aliphatic rings. The number of carbonyl (C=O) groups excluding carboxylic acids is 4. The van der Waals surface area contributed by atoms with Crippen molar-refractivity contribution in [2.24, 2.45) is 11.3 Å². The van der Waals surface area contributed by atoms with Crippen LogP contribution in [0.5, 0.6) is 5.75 Å². The molecule has 2 aromatic heterocycles. The highest BCUT2D eigenvalue weighted by Gasteiger charge is 2.41. The number of phenolic OH excluding ortho intramolecular Hbond substituents is 1. The van der Waals surface area contributed by atoms with Gasteiger partial charge in [-0.3, -0.25) is 29.2 Å². The zero-order chi connectivity index (χ0) is 46.0. The van der Waals surface area contributed by atoms with Gasteiger partial charge in [-0.25, -0.2) is 4.84 Å². The molecule has 0 aliphatic carbocycles. The minimum atomic E-state index is -1.18. The fourth-order valence-electron chi connectivity index (χ4n) is 9.09. The molecule has 2 fully saturated rings. The Kier molecular flexibility index (Phi) is 13.7. The maximum Gasteiger partial charge on any atom is 0.326 e. The Hall–Kier alpha value is -5.91. The Morgan fingerprint density at radius 1 is 1.12 bits per heavy atom. The number of likely N-dealkylation sites (N-methyl/N-ethyl adjacent to an activating group) is 2. The van der Waals surface area contributed by atoms with Gasteiger partial charge in [0.25, 0.3) is 5.91 Å². The summed E-state index contributed by atoms with van der Waals surface area (Å²) in [6.07, 6.45) is 4.11.